The number of nitrogen functional groups attached to an aromatic ring is 1. The quantitative estimate of drug-likeness (QED) is 0.365. The minimum Gasteiger partial charge on any atom is -0.466 e. The molecule has 40 heavy (non-hydrogen) atoms. The van der Waals surface area contributed by atoms with Crippen molar-refractivity contribution in [2.24, 2.45) is 0 Å². The number of pyridine rings is 1. The van der Waals surface area contributed by atoms with Crippen LogP contribution in [-0.2, 0) is 5.41 Å². The first-order valence-corrected chi connectivity index (χ1v) is 12.2. The molecular weight excluding hydrogens is 537 g/mol. The van der Waals surface area contributed by atoms with Crippen LogP contribution < -0.4 is 25.6 Å². The molecule has 0 unspecified atom stereocenters. The van der Waals surface area contributed by atoms with Gasteiger partial charge >= 0.3 is 6.18 Å². The third kappa shape index (κ3) is 6.41. The topological polar surface area (TPSA) is 109 Å². The minimum absolute atomic E-state index is 0.000993. The van der Waals surface area contributed by atoms with Crippen molar-refractivity contribution in [1.29, 1.82) is 0 Å². The maximum absolute atomic E-state index is 14.1. The molecule has 0 bridgehead atoms. The number of nitrogens with two attached hydrogens (primary N) is 1. The third-order valence-corrected chi connectivity index (χ3v) is 6.27. The van der Waals surface area contributed by atoms with Crippen molar-refractivity contribution in [1.82, 2.24) is 24.8 Å². The number of likely N-dealkylation sites (N-methyl/N-ethyl adjacent to an activating group) is 2. The Morgan fingerprint density at radius 2 is 1.75 bits per heavy atom. The number of rotatable bonds is 9. The summed E-state index contributed by atoms with van der Waals surface area (Å²) in [6, 6.07) is 3.62. The average Bonchev–Trinajstić information content (AvgIpc) is 3.11. The number of benzene rings is 1. The first-order valence-electron chi connectivity index (χ1n) is 12.2. The van der Waals surface area contributed by atoms with E-state index in [-0.39, 0.29) is 35.0 Å². The summed E-state index contributed by atoms with van der Waals surface area (Å²) in [6.07, 6.45) is -3.42. The predicted molar refractivity (Wildman–Crippen MR) is 142 cm³/mol. The van der Waals surface area contributed by atoms with Crippen molar-refractivity contribution in [3.8, 4) is 5.88 Å². The van der Waals surface area contributed by atoms with Crippen LogP contribution in [0.4, 0.5) is 56.7 Å². The van der Waals surface area contributed by atoms with E-state index >= 15 is 0 Å². The van der Waals surface area contributed by atoms with Crippen LogP contribution in [0.15, 0.2) is 24.5 Å². The first kappa shape index (κ1) is 29.0. The van der Waals surface area contributed by atoms with Gasteiger partial charge in [-0.05, 0) is 31.8 Å². The van der Waals surface area contributed by atoms with Crippen LogP contribution in [0.25, 0.3) is 0 Å². The average molecular weight is 568 g/mol. The Bertz CT molecular complexity index is 1380. The number of ether oxygens (including phenoxy) is 1. The lowest BCUT2D eigenvalue weighted by atomic mass is 9.87. The molecule has 0 spiro atoms. The fraction of sp³-hybridized carbons (Fsp3) is 0.440. The van der Waals surface area contributed by atoms with Crippen molar-refractivity contribution < 1.29 is 26.7 Å². The van der Waals surface area contributed by atoms with E-state index < -0.39 is 29.8 Å². The second-order valence-electron chi connectivity index (χ2n) is 10.4. The van der Waals surface area contributed by atoms with E-state index in [1.165, 1.54) is 12.4 Å². The summed E-state index contributed by atoms with van der Waals surface area (Å²) in [5, 5.41) is 2.81. The summed E-state index contributed by atoms with van der Waals surface area (Å²) >= 11 is 0. The molecule has 3 heterocycles. The van der Waals surface area contributed by atoms with E-state index in [0.29, 0.717) is 30.9 Å². The largest absolute Gasteiger partial charge is 0.466 e. The molecule has 3 aromatic rings. The minimum atomic E-state index is -4.61. The molecule has 1 aliphatic rings. The van der Waals surface area contributed by atoms with Gasteiger partial charge in [-0.1, -0.05) is 13.8 Å². The van der Waals surface area contributed by atoms with Crippen molar-refractivity contribution in [2.45, 2.75) is 25.4 Å². The van der Waals surface area contributed by atoms with E-state index in [9.17, 15) is 22.0 Å². The number of halogens is 5. The molecule has 4 rings (SSSR count). The highest BCUT2D eigenvalue weighted by atomic mass is 19.4. The number of hydrogen-bond acceptors (Lipinski definition) is 10. The van der Waals surface area contributed by atoms with E-state index in [1.54, 1.807) is 16.8 Å². The summed E-state index contributed by atoms with van der Waals surface area (Å²) in [7, 11) is 5.48. The maximum atomic E-state index is 14.1. The van der Waals surface area contributed by atoms with Crippen LogP contribution >= 0.6 is 0 Å². The summed E-state index contributed by atoms with van der Waals surface area (Å²) in [5.74, 6) is -2.02. The van der Waals surface area contributed by atoms with Gasteiger partial charge in [0.1, 0.15) is 12.0 Å². The van der Waals surface area contributed by atoms with Crippen LogP contribution in [0.1, 0.15) is 19.4 Å². The van der Waals surface area contributed by atoms with Gasteiger partial charge in [0.2, 0.25) is 17.8 Å². The van der Waals surface area contributed by atoms with E-state index in [1.807, 2.05) is 32.8 Å². The number of alkyl halides is 3. The molecular formula is C25H30F5N9O. The van der Waals surface area contributed by atoms with E-state index in [0.717, 1.165) is 12.1 Å². The molecule has 0 radical (unpaired) electrons. The van der Waals surface area contributed by atoms with Crippen molar-refractivity contribution in [2.75, 3.05) is 68.2 Å². The Labute approximate surface area is 228 Å². The van der Waals surface area contributed by atoms with Gasteiger partial charge in [0.05, 0.1) is 11.4 Å². The fourth-order valence-electron chi connectivity index (χ4n) is 4.26. The third-order valence-electron chi connectivity index (χ3n) is 6.27. The van der Waals surface area contributed by atoms with Crippen LogP contribution in [0.2, 0.25) is 0 Å². The lowest BCUT2D eigenvalue weighted by Crippen LogP contribution is -2.30. The van der Waals surface area contributed by atoms with Gasteiger partial charge in [0.25, 0.3) is 0 Å². The highest BCUT2D eigenvalue weighted by Gasteiger charge is 2.38. The van der Waals surface area contributed by atoms with Crippen molar-refractivity contribution >= 4 is 34.8 Å². The lowest BCUT2D eigenvalue weighted by molar-refractivity contribution is -0.153. The molecule has 0 fully saturated rings. The molecule has 0 amide bonds. The van der Waals surface area contributed by atoms with Crippen molar-refractivity contribution in [3.63, 3.8) is 0 Å². The Morgan fingerprint density at radius 3 is 2.42 bits per heavy atom. The number of aromatic nitrogens is 4. The number of nitrogens with one attached hydrogen (secondary N) is 1. The summed E-state index contributed by atoms with van der Waals surface area (Å²) in [4.78, 5) is 22.1. The molecule has 0 saturated carbocycles. The molecule has 2 aromatic heterocycles. The van der Waals surface area contributed by atoms with Crippen molar-refractivity contribution in [3.05, 3.63) is 41.7 Å². The van der Waals surface area contributed by atoms with Crippen LogP contribution in [-0.4, -0.2) is 78.4 Å². The first-order chi connectivity index (χ1) is 18.6. The lowest BCUT2D eigenvalue weighted by Gasteiger charge is -2.24. The number of fused-ring (bicyclic) bond motifs is 1. The molecule has 0 saturated heterocycles. The number of nitrogens with zero attached hydrogens (tertiary/aromatic N) is 7. The zero-order valence-corrected chi connectivity index (χ0v) is 22.6. The van der Waals surface area contributed by atoms with Gasteiger partial charge in [0, 0.05) is 38.2 Å². The molecule has 1 aromatic carbocycles. The molecule has 1 aliphatic heterocycles. The zero-order valence-electron chi connectivity index (χ0n) is 22.6. The molecule has 10 nitrogen and oxygen atoms in total. The Hall–Kier alpha value is -4.01. The van der Waals surface area contributed by atoms with Gasteiger partial charge in [-0.25, -0.2) is 18.7 Å². The smallest absolute Gasteiger partial charge is 0.422 e. The van der Waals surface area contributed by atoms with Gasteiger partial charge in [-0.3, -0.25) is 0 Å². The Balaban J connectivity index is 1.67. The maximum Gasteiger partial charge on any atom is 0.422 e. The highest BCUT2D eigenvalue weighted by molar-refractivity contribution is 5.74. The van der Waals surface area contributed by atoms with Gasteiger partial charge in [-0.15, -0.1) is 0 Å². The molecule has 3 N–H and O–H groups in total. The van der Waals surface area contributed by atoms with Gasteiger partial charge in [0.15, 0.2) is 24.1 Å². The molecule has 216 valence electrons. The zero-order chi connectivity index (χ0) is 29.4. The normalized spacial score (nSPS) is 14.4. The molecule has 0 aliphatic carbocycles. The highest BCUT2D eigenvalue weighted by Crippen LogP contribution is 2.44. The van der Waals surface area contributed by atoms with Gasteiger partial charge < -0.3 is 30.5 Å². The standard InChI is InChI=1S/C25H30F5N9O/c1-24(2)11-39(19-9-16(27)15(26)8-14(19)24)23-33-13-32-22(36-23)34-18-10-17(31)20(38(5)7-6-37(3)4)35-21(18)40-12-25(28,29)30/h8-10,13H,6-7,11-12,31H2,1-5H3,(H,32,33,34,36). The number of hydrogen-bond donors (Lipinski definition) is 2. The monoisotopic (exact) mass is 567 g/mol. The fourth-order valence-corrected chi connectivity index (χ4v) is 4.26. The summed E-state index contributed by atoms with van der Waals surface area (Å²) in [6.45, 7) is 3.64. The van der Waals surface area contributed by atoms with Gasteiger partial charge in [-0.2, -0.15) is 23.1 Å². The summed E-state index contributed by atoms with van der Waals surface area (Å²) in [5.41, 5.74) is 6.82. The molecule has 0 atom stereocenters. The van der Waals surface area contributed by atoms with E-state index in [2.05, 4.69) is 25.3 Å². The predicted octanol–water partition coefficient (Wildman–Crippen LogP) is 4.24. The Morgan fingerprint density at radius 1 is 1.05 bits per heavy atom. The Kier molecular flexibility index (Phi) is 7.87. The summed E-state index contributed by atoms with van der Waals surface area (Å²) < 4.78 is 72.1. The molecule has 15 heteroatoms. The van der Waals surface area contributed by atoms with Crippen LogP contribution in [0.3, 0.4) is 0 Å². The van der Waals surface area contributed by atoms with E-state index in [4.69, 9.17) is 10.5 Å². The van der Waals surface area contributed by atoms with Crippen LogP contribution in [0, 0.1) is 11.6 Å². The number of anilines is 6. The second kappa shape index (κ2) is 10.9. The van der Waals surface area contributed by atoms with Crippen LogP contribution in [0.5, 0.6) is 5.88 Å². The second-order valence-corrected chi connectivity index (χ2v) is 10.4. The SMILES string of the molecule is CN(C)CCN(C)c1nc(OCC(F)(F)F)c(Nc2ncnc(N3CC(C)(C)c4cc(F)c(F)cc43)n2)cc1N.